The summed E-state index contributed by atoms with van der Waals surface area (Å²) >= 11 is 0. The zero-order chi connectivity index (χ0) is 6.97. The fourth-order valence-electron chi connectivity index (χ4n) is 0.930. The molecule has 0 radical (unpaired) electrons. The van der Waals surface area contributed by atoms with E-state index in [-0.39, 0.29) is 0 Å². The van der Waals surface area contributed by atoms with Gasteiger partial charge in [0.15, 0.2) is 0 Å². The predicted octanol–water partition coefficient (Wildman–Crippen LogP) is 0.916. The maximum Gasteiger partial charge on any atom is 0.0663 e. The number of pyridine rings is 1. The second kappa shape index (κ2) is 1.73. The Morgan fingerprint density at radius 3 is 3.10 bits per heavy atom. The number of rotatable bonds is 0. The highest BCUT2D eigenvalue weighted by Gasteiger charge is 1.90. The molecule has 0 aromatic carbocycles. The maximum atomic E-state index is 5.52. The molecule has 0 aliphatic heterocycles. The van der Waals surface area contributed by atoms with Crippen molar-refractivity contribution in [2.75, 3.05) is 5.73 Å². The van der Waals surface area contributed by atoms with Gasteiger partial charge in [-0.15, -0.1) is 0 Å². The molecule has 2 rings (SSSR count). The first-order valence-corrected chi connectivity index (χ1v) is 3.05. The lowest BCUT2D eigenvalue weighted by molar-refractivity contribution is 0.963. The second-order valence-electron chi connectivity index (χ2n) is 2.16. The Bertz CT molecular complexity index is 350. The number of aromatic nitrogens is 2. The molecule has 3 heteroatoms. The third-order valence-corrected chi connectivity index (χ3v) is 1.42. The number of nitrogens with two attached hydrogens (primary N) is 1. The van der Waals surface area contributed by atoms with Gasteiger partial charge < -0.3 is 5.73 Å². The van der Waals surface area contributed by atoms with Gasteiger partial charge in [-0.05, 0) is 18.2 Å². The van der Waals surface area contributed by atoms with Crippen LogP contribution in [0.3, 0.4) is 0 Å². The number of hydrogen-bond donors (Lipinski definition) is 1. The van der Waals surface area contributed by atoms with Gasteiger partial charge >= 0.3 is 0 Å². The number of hydrogen-bond acceptors (Lipinski definition) is 2. The summed E-state index contributed by atoms with van der Waals surface area (Å²) in [4.78, 5) is 0. The normalized spacial score (nSPS) is 10.4. The van der Waals surface area contributed by atoms with E-state index in [4.69, 9.17) is 5.73 Å². The van der Waals surface area contributed by atoms with Gasteiger partial charge in [0.25, 0.3) is 0 Å². The van der Waals surface area contributed by atoms with Crippen LogP contribution in [0.5, 0.6) is 0 Å². The third-order valence-electron chi connectivity index (χ3n) is 1.42. The smallest absolute Gasteiger partial charge is 0.0663 e. The molecular formula is C7H7N3. The topological polar surface area (TPSA) is 43.3 Å². The van der Waals surface area contributed by atoms with Crippen molar-refractivity contribution in [3.8, 4) is 0 Å². The molecule has 2 aromatic heterocycles. The van der Waals surface area contributed by atoms with E-state index in [2.05, 4.69) is 5.10 Å². The molecule has 0 saturated carbocycles. The highest BCUT2D eigenvalue weighted by atomic mass is 15.2. The van der Waals surface area contributed by atoms with Crippen molar-refractivity contribution in [3.63, 3.8) is 0 Å². The van der Waals surface area contributed by atoms with E-state index < -0.39 is 0 Å². The van der Waals surface area contributed by atoms with Gasteiger partial charge in [-0.2, -0.15) is 5.10 Å². The lowest BCUT2D eigenvalue weighted by Crippen LogP contribution is -1.90. The molecule has 0 aliphatic carbocycles. The van der Waals surface area contributed by atoms with Crippen LogP contribution in [0, 0.1) is 0 Å². The van der Waals surface area contributed by atoms with Crippen LogP contribution in [-0.2, 0) is 0 Å². The zero-order valence-corrected chi connectivity index (χ0v) is 5.36. The van der Waals surface area contributed by atoms with Gasteiger partial charge in [-0.3, -0.25) is 0 Å². The van der Waals surface area contributed by atoms with Gasteiger partial charge in [0.1, 0.15) is 0 Å². The van der Waals surface area contributed by atoms with E-state index in [1.165, 1.54) is 0 Å². The fourth-order valence-corrected chi connectivity index (χ4v) is 0.930. The second-order valence-corrected chi connectivity index (χ2v) is 2.16. The van der Waals surface area contributed by atoms with Crippen LogP contribution in [0.2, 0.25) is 0 Å². The van der Waals surface area contributed by atoms with E-state index in [0.717, 1.165) is 11.2 Å². The van der Waals surface area contributed by atoms with Gasteiger partial charge in [-0.25, -0.2) is 4.52 Å². The van der Waals surface area contributed by atoms with Gasteiger partial charge in [0.05, 0.1) is 17.4 Å². The maximum absolute atomic E-state index is 5.52. The Balaban J connectivity index is 2.86. The molecule has 50 valence electrons. The third kappa shape index (κ3) is 0.639. The lowest BCUT2D eigenvalue weighted by atomic mass is 10.4. The van der Waals surface area contributed by atoms with Crippen molar-refractivity contribution in [2.45, 2.75) is 0 Å². The molecule has 0 spiro atoms. The molecule has 0 fully saturated rings. The molecule has 0 aliphatic rings. The first kappa shape index (κ1) is 5.29. The fraction of sp³-hybridized carbons (Fsp3) is 0. The van der Waals surface area contributed by atoms with E-state index in [0.29, 0.717) is 0 Å². The van der Waals surface area contributed by atoms with Gasteiger partial charge in [0.2, 0.25) is 0 Å². The van der Waals surface area contributed by atoms with E-state index >= 15 is 0 Å². The van der Waals surface area contributed by atoms with Crippen molar-refractivity contribution in [3.05, 3.63) is 30.6 Å². The standard InChI is InChI=1S/C7H7N3/c8-6-1-2-7-3-4-9-10(7)5-6/h1-5H,8H2. The monoisotopic (exact) mass is 133 g/mol. The average molecular weight is 133 g/mol. The minimum absolute atomic E-state index is 0.733. The van der Waals surface area contributed by atoms with Crippen molar-refractivity contribution >= 4 is 11.2 Å². The molecule has 0 amide bonds. The van der Waals surface area contributed by atoms with E-state index in [1.54, 1.807) is 16.9 Å². The molecule has 10 heavy (non-hydrogen) atoms. The molecule has 0 atom stereocenters. The number of nitrogen functional groups attached to an aromatic ring is 1. The number of fused-ring (bicyclic) bond motifs is 1. The molecule has 0 saturated heterocycles. The van der Waals surface area contributed by atoms with Crippen LogP contribution in [0.15, 0.2) is 30.6 Å². The zero-order valence-electron chi connectivity index (χ0n) is 5.36. The molecule has 2 N–H and O–H groups in total. The molecule has 0 bridgehead atoms. The molecule has 0 unspecified atom stereocenters. The van der Waals surface area contributed by atoms with Gasteiger partial charge in [-0.1, -0.05) is 0 Å². The van der Waals surface area contributed by atoms with Crippen LogP contribution in [0.25, 0.3) is 5.52 Å². The van der Waals surface area contributed by atoms with E-state index in [1.807, 2.05) is 18.2 Å². The summed E-state index contributed by atoms with van der Waals surface area (Å²) in [5, 5.41) is 4.02. The summed E-state index contributed by atoms with van der Waals surface area (Å²) in [5.74, 6) is 0. The van der Waals surface area contributed by atoms with Crippen LogP contribution < -0.4 is 5.73 Å². The number of nitrogens with zero attached hydrogens (tertiary/aromatic N) is 2. The lowest BCUT2D eigenvalue weighted by Gasteiger charge is -1.92. The summed E-state index contributed by atoms with van der Waals surface area (Å²) in [6.45, 7) is 0. The minimum Gasteiger partial charge on any atom is -0.397 e. The first-order valence-electron chi connectivity index (χ1n) is 3.05. The first-order chi connectivity index (χ1) is 4.86. The van der Waals surface area contributed by atoms with Crippen molar-refractivity contribution < 1.29 is 0 Å². The summed E-state index contributed by atoms with van der Waals surface area (Å²) < 4.78 is 1.75. The highest BCUT2D eigenvalue weighted by molar-refractivity contribution is 5.50. The van der Waals surface area contributed by atoms with Crippen molar-refractivity contribution in [1.82, 2.24) is 9.61 Å². The Hall–Kier alpha value is -1.51. The van der Waals surface area contributed by atoms with Crippen LogP contribution in [-0.4, -0.2) is 9.61 Å². The molecule has 2 aromatic rings. The molecular weight excluding hydrogens is 126 g/mol. The van der Waals surface area contributed by atoms with Crippen LogP contribution in [0.1, 0.15) is 0 Å². The van der Waals surface area contributed by atoms with Crippen LogP contribution >= 0.6 is 0 Å². The van der Waals surface area contributed by atoms with Gasteiger partial charge in [0, 0.05) is 6.20 Å². The quantitative estimate of drug-likeness (QED) is 0.580. The average Bonchev–Trinajstić information content (AvgIpc) is 2.33. The summed E-state index contributed by atoms with van der Waals surface area (Å²) in [6, 6.07) is 5.72. The largest absolute Gasteiger partial charge is 0.397 e. The Morgan fingerprint density at radius 2 is 2.20 bits per heavy atom. The van der Waals surface area contributed by atoms with Crippen LogP contribution in [0.4, 0.5) is 5.69 Å². The SMILES string of the molecule is Nc1ccc2ccnn2c1. The number of anilines is 1. The summed E-state index contributed by atoms with van der Waals surface area (Å²) in [7, 11) is 0. The Morgan fingerprint density at radius 1 is 1.30 bits per heavy atom. The summed E-state index contributed by atoms with van der Waals surface area (Å²) in [5.41, 5.74) is 7.32. The minimum atomic E-state index is 0.733. The predicted molar refractivity (Wildman–Crippen MR) is 39.6 cm³/mol. The van der Waals surface area contributed by atoms with Crippen molar-refractivity contribution in [1.29, 1.82) is 0 Å². The van der Waals surface area contributed by atoms with E-state index in [9.17, 15) is 0 Å². The molecule has 3 nitrogen and oxygen atoms in total. The highest BCUT2D eigenvalue weighted by Crippen LogP contribution is 2.05. The Kier molecular flexibility index (Phi) is 0.917. The Labute approximate surface area is 58.1 Å². The van der Waals surface area contributed by atoms with Crippen molar-refractivity contribution in [2.24, 2.45) is 0 Å². The molecule has 2 heterocycles. The summed E-state index contributed by atoms with van der Waals surface area (Å²) in [6.07, 6.45) is 3.53.